The van der Waals surface area contributed by atoms with Gasteiger partial charge in [0, 0.05) is 30.3 Å². The van der Waals surface area contributed by atoms with Crippen LogP contribution in [0.4, 0.5) is 10.1 Å². The lowest BCUT2D eigenvalue weighted by Gasteiger charge is -2.10. The van der Waals surface area contributed by atoms with Crippen LogP contribution < -0.4 is 5.73 Å². The summed E-state index contributed by atoms with van der Waals surface area (Å²) in [6.45, 7) is -0.191. The summed E-state index contributed by atoms with van der Waals surface area (Å²) >= 11 is 0. The number of nitro groups is 1. The summed E-state index contributed by atoms with van der Waals surface area (Å²) in [6.07, 6.45) is 0.165. The topological polar surface area (TPSA) is 89.4 Å². The van der Waals surface area contributed by atoms with Crippen LogP contribution >= 0.6 is 0 Å². The van der Waals surface area contributed by atoms with Gasteiger partial charge in [-0.1, -0.05) is 0 Å². The lowest BCUT2D eigenvalue weighted by molar-refractivity contribution is -0.385. The molecule has 1 atom stereocenters. The summed E-state index contributed by atoms with van der Waals surface area (Å²) in [7, 11) is 0. The van der Waals surface area contributed by atoms with Crippen molar-refractivity contribution in [3.8, 4) is 0 Å². The largest absolute Gasteiger partial charge is 0.396 e. The first-order valence-corrected chi connectivity index (χ1v) is 4.36. The Hall–Kier alpha value is -1.53. The molecule has 0 bridgehead atoms. The van der Waals surface area contributed by atoms with Gasteiger partial charge in [0.2, 0.25) is 0 Å². The first-order chi connectivity index (χ1) is 7.06. The number of benzene rings is 1. The molecule has 0 aliphatic heterocycles. The van der Waals surface area contributed by atoms with E-state index in [1.165, 1.54) is 0 Å². The molecule has 82 valence electrons. The quantitative estimate of drug-likeness (QED) is 0.580. The second kappa shape index (κ2) is 4.81. The van der Waals surface area contributed by atoms with Gasteiger partial charge in [-0.2, -0.15) is 0 Å². The fourth-order valence-electron chi connectivity index (χ4n) is 1.22. The van der Waals surface area contributed by atoms with E-state index in [-0.39, 0.29) is 24.3 Å². The second-order valence-electron chi connectivity index (χ2n) is 3.08. The second-order valence-corrected chi connectivity index (χ2v) is 3.08. The Balaban J connectivity index is 3.04. The summed E-state index contributed by atoms with van der Waals surface area (Å²) in [6, 6.07) is 2.44. The number of nitro benzene ring substituents is 1. The molecule has 0 aromatic heterocycles. The highest BCUT2D eigenvalue weighted by molar-refractivity contribution is 5.36. The van der Waals surface area contributed by atoms with Crippen LogP contribution in [0.2, 0.25) is 0 Å². The summed E-state index contributed by atoms with van der Waals surface area (Å²) in [5.41, 5.74) is 5.40. The maximum atomic E-state index is 13.2. The summed E-state index contributed by atoms with van der Waals surface area (Å²) in [5, 5.41) is 19.1. The number of non-ortho nitro benzene ring substituents is 1. The summed E-state index contributed by atoms with van der Waals surface area (Å²) in [4.78, 5) is 9.82. The van der Waals surface area contributed by atoms with Gasteiger partial charge < -0.3 is 10.8 Å². The van der Waals surface area contributed by atoms with E-state index in [2.05, 4.69) is 0 Å². The molecule has 3 N–H and O–H groups in total. The highest BCUT2D eigenvalue weighted by atomic mass is 19.1. The first-order valence-electron chi connectivity index (χ1n) is 4.36. The highest BCUT2D eigenvalue weighted by Crippen LogP contribution is 2.22. The Morgan fingerprint density at radius 3 is 2.80 bits per heavy atom. The Labute approximate surface area is 85.5 Å². The van der Waals surface area contributed by atoms with Crippen LogP contribution in [0.1, 0.15) is 18.0 Å². The van der Waals surface area contributed by atoms with Crippen molar-refractivity contribution < 1.29 is 14.4 Å². The molecule has 0 spiro atoms. The molecule has 0 aliphatic carbocycles. The molecule has 5 nitrogen and oxygen atoms in total. The molecule has 0 aliphatic rings. The minimum absolute atomic E-state index is 0.0539. The molecule has 6 heteroatoms. The van der Waals surface area contributed by atoms with Crippen LogP contribution in [0.25, 0.3) is 0 Å². The molecule has 0 saturated heterocycles. The molecular weight excluding hydrogens is 203 g/mol. The number of nitrogens with two attached hydrogens (primary N) is 1. The number of aliphatic hydroxyl groups is 1. The lowest BCUT2D eigenvalue weighted by Crippen LogP contribution is -2.14. The molecule has 0 fully saturated rings. The van der Waals surface area contributed by atoms with Crippen molar-refractivity contribution in [2.45, 2.75) is 12.5 Å². The Bertz CT molecular complexity index is 370. The molecule has 0 radical (unpaired) electrons. The number of rotatable bonds is 4. The summed E-state index contributed by atoms with van der Waals surface area (Å²) in [5.74, 6) is -0.596. The molecular formula is C9H11FN2O3. The monoisotopic (exact) mass is 214 g/mol. The smallest absolute Gasteiger partial charge is 0.269 e. The molecule has 0 amide bonds. The van der Waals surface area contributed by atoms with Gasteiger partial charge >= 0.3 is 0 Å². The van der Waals surface area contributed by atoms with Gasteiger partial charge in [-0.05, 0) is 12.5 Å². The van der Waals surface area contributed by atoms with Crippen molar-refractivity contribution in [1.29, 1.82) is 0 Å². The van der Waals surface area contributed by atoms with Crippen molar-refractivity contribution in [1.82, 2.24) is 0 Å². The number of aliphatic hydroxyl groups excluding tert-OH is 1. The maximum Gasteiger partial charge on any atom is 0.269 e. The molecule has 0 heterocycles. The average Bonchev–Trinajstić information content (AvgIpc) is 2.18. The van der Waals surface area contributed by atoms with Crippen molar-refractivity contribution in [2.75, 3.05) is 6.61 Å². The van der Waals surface area contributed by atoms with Crippen molar-refractivity contribution in [2.24, 2.45) is 5.73 Å². The van der Waals surface area contributed by atoms with Crippen LogP contribution in [0.5, 0.6) is 0 Å². The van der Waals surface area contributed by atoms with Crippen LogP contribution in [0.3, 0.4) is 0 Å². The van der Waals surface area contributed by atoms with Gasteiger partial charge in [-0.3, -0.25) is 10.1 Å². The molecule has 1 aromatic rings. The highest BCUT2D eigenvalue weighted by Gasteiger charge is 2.15. The van der Waals surface area contributed by atoms with Gasteiger partial charge in [0.15, 0.2) is 0 Å². The zero-order valence-corrected chi connectivity index (χ0v) is 7.89. The van der Waals surface area contributed by atoms with Crippen molar-refractivity contribution in [3.05, 3.63) is 39.7 Å². The first kappa shape index (κ1) is 11.5. The molecule has 15 heavy (non-hydrogen) atoms. The molecule has 0 saturated carbocycles. The average molecular weight is 214 g/mol. The van der Waals surface area contributed by atoms with E-state index in [4.69, 9.17) is 10.8 Å². The number of hydrogen-bond acceptors (Lipinski definition) is 4. The third kappa shape index (κ3) is 2.71. The van der Waals surface area contributed by atoms with Crippen LogP contribution in [-0.2, 0) is 0 Å². The van der Waals surface area contributed by atoms with E-state index in [9.17, 15) is 14.5 Å². The van der Waals surface area contributed by atoms with Gasteiger partial charge in [-0.25, -0.2) is 4.39 Å². The molecule has 1 aromatic carbocycles. The predicted octanol–water partition coefficient (Wildman–Crippen LogP) is 1.12. The van der Waals surface area contributed by atoms with Crippen LogP contribution in [-0.4, -0.2) is 16.6 Å². The molecule has 1 rings (SSSR count). The Morgan fingerprint density at radius 2 is 2.27 bits per heavy atom. The number of hydrogen-bond donors (Lipinski definition) is 2. The van der Waals surface area contributed by atoms with Gasteiger partial charge in [0.05, 0.1) is 4.92 Å². The van der Waals surface area contributed by atoms with Crippen molar-refractivity contribution >= 4 is 5.69 Å². The van der Waals surface area contributed by atoms with E-state index in [1.54, 1.807) is 0 Å². The van der Waals surface area contributed by atoms with Gasteiger partial charge in [0.25, 0.3) is 5.69 Å². The summed E-state index contributed by atoms with van der Waals surface area (Å²) < 4.78 is 13.2. The number of nitrogens with zero attached hydrogens (tertiary/aromatic N) is 1. The minimum atomic E-state index is -0.727. The predicted molar refractivity (Wildman–Crippen MR) is 51.7 cm³/mol. The van der Waals surface area contributed by atoms with E-state index in [0.717, 1.165) is 18.2 Å². The molecule has 0 unspecified atom stereocenters. The van der Waals surface area contributed by atoms with Gasteiger partial charge in [0.1, 0.15) is 5.82 Å². The minimum Gasteiger partial charge on any atom is -0.396 e. The van der Waals surface area contributed by atoms with E-state index < -0.39 is 16.8 Å². The van der Waals surface area contributed by atoms with Crippen LogP contribution in [0, 0.1) is 15.9 Å². The standard InChI is InChI=1S/C9H11FN2O3/c10-8-2-1-6(12(14)15)5-7(8)9(11)3-4-13/h1-2,5,9,13H,3-4,11H2/t9-/m1/s1. The van der Waals surface area contributed by atoms with Crippen molar-refractivity contribution in [3.63, 3.8) is 0 Å². The fourth-order valence-corrected chi connectivity index (χ4v) is 1.22. The zero-order chi connectivity index (χ0) is 11.4. The normalized spacial score (nSPS) is 12.5. The Kier molecular flexibility index (Phi) is 3.70. The van der Waals surface area contributed by atoms with Crippen LogP contribution in [0.15, 0.2) is 18.2 Å². The fraction of sp³-hybridized carbons (Fsp3) is 0.333. The number of halogens is 1. The van der Waals surface area contributed by atoms with E-state index >= 15 is 0 Å². The van der Waals surface area contributed by atoms with Gasteiger partial charge in [-0.15, -0.1) is 0 Å². The zero-order valence-electron chi connectivity index (χ0n) is 7.89. The SMILES string of the molecule is N[C@H](CCO)c1cc([N+](=O)[O-])ccc1F. The third-order valence-electron chi connectivity index (χ3n) is 2.03. The van der Waals surface area contributed by atoms with E-state index in [1.807, 2.05) is 0 Å². The Morgan fingerprint density at radius 1 is 1.60 bits per heavy atom. The van der Waals surface area contributed by atoms with E-state index in [0.29, 0.717) is 0 Å². The lowest BCUT2D eigenvalue weighted by atomic mass is 10.0. The third-order valence-corrected chi connectivity index (χ3v) is 2.03. The maximum absolute atomic E-state index is 13.2.